The molecular weight excluding hydrogens is 471 g/mol. The number of ether oxygens (including phenoxy) is 1. The Morgan fingerprint density at radius 3 is 2.61 bits per heavy atom. The Kier molecular flexibility index (Phi) is 6.32. The molecule has 0 bridgehead atoms. The number of hydrogen-bond donors (Lipinski definition) is 0. The molecule has 9 heteroatoms. The Labute approximate surface area is 197 Å². The Morgan fingerprint density at radius 1 is 1.21 bits per heavy atom. The highest BCUT2D eigenvalue weighted by Crippen LogP contribution is 2.38. The molecule has 0 spiro atoms. The van der Waals surface area contributed by atoms with Gasteiger partial charge in [-0.3, -0.25) is 0 Å². The number of rotatable bonds is 7. The quantitative estimate of drug-likeness (QED) is 0.258. The summed E-state index contributed by atoms with van der Waals surface area (Å²) in [7, 11) is 1.74. The van der Waals surface area contributed by atoms with E-state index in [1.165, 1.54) is 23.5 Å². The molecule has 33 heavy (non-hydrogen) atoms. The molecule has 4 nitrogen and oxygen atoms in total. The number of thiophene rings is 1. The molecule has 0 fully saturated rings. The Bertz CT molecular complexity index is 1290. The van der Waals surface area contributed by atoms with E-state index in [0.717, 1.165) is 21.6 Å². The fourth-order valence-electron chi connectivity index (χ4n) is 3.30. The summed E-state index contributed by atoms with van der Waals surface area (Å²) in [6, 6.07) is 11.4. The summed E-state index contributed by atoms with van der Waals surface area (Å²) in [6.45, 7) is 4.30. The molecule has 4 aromatic rings. The average molecular weight is 490 g/mol. The van der Waals surface area contributed by atoms with E-state index in [-0.39, 0.29) is 16.4 Å². The first kappa shape index (κ1) is 23.1. The van der Waals surface area contributed by atoms with Gasteiger partial charge < -0.3 is 4.74 Å². The smallest absolute Gasteiger partial charge is 0.299 e. The van der Waals surface area contributed by atoms with Crippen molar-refractivity contribution in [3.05, 3.63) is 76.9 Å². The molecule has 0 unspecified atom stereocenters. The molecule has 0 radical (unpaired) electrons. The molecule has 0 aliphatic carbocycles. The molecule has 0 N–H and O–H groups in total. The lowest BCUT2D eigenvalue weighted by Crippen LogP contribution is -2.22. The molecule has 4 rings (SSSR count). The largest absolute Gasteiger partial charge is 0.487 e. The lowest BCUT2D eigenvalue weighted by Gasteiger charge is -2.13. The second-order valence-corrected chi connectivity index (χ2v) is 8.65. The third-order valence-corrected chi connectivity index (χ3v) is 6.52. The number of benzene rings is 2. The van der Waals surface area contributed by atoms with Crippen molar-refractivity contribution in [2.75, 3.05) is 6.61 Å². The van der Waals surface area contributed by atoms with Crippen LogP contribution in [-0.2, 0) is 7.05 Å². The monoisotopic (exact) mass is 489 g/mol. The standard InChI is InChI=1S/C24H19ClF3N3OS/c1-4-24(27,28)13-32-16-10-8-15(9-11-16)21-14(2)17(12-33-21)23-29-22(30-31(23)3)20-18(25)6-5-7-19(20)26/h4-12H,1,13H2,2-3H3. The van der Waals surface area contributed by atoms with Gasteiger partial charge in [0.2, 0.25) is 0 Å². The molecule has 2 aromatic carbocycles. The van der Waals surface area contributed by atoms with Crippen LogP contribution < -0.4 is 4.74 Å². The maximum absolute atomic E-state index is 14.3. The third-order valence-electron chi connectivity index (χ3n) is 5.08. The number of hydrogen-bond acceptors (Lipinski definition) is 4. The van der Waals surface area contributed by atoms with Crippen LogP contribution in [0.25, 0.3) is 33.2 Å². The summed E-state index contributed by atoms with van der Waals surface area (Å²) < 4.78 is 47.7. The highest BCUT2D eigenvalue weighted by atomic mass is 35.5. The van der Waals surface area contributed by atoms with Gasteiger partial charge in [0.1, 0.15) is 11.6 Å². The molecule has 0 atom stereocenters. The number of aromatic nitrogens is 3. The third kappa shape index (κ3) is 4.67. The minimum absolute atomic E-state index is 0.159. The summed E-state index contributed by atoms with van der Waals surface area (Å²) in [5.74, 6) is -2.44. The molecule has 2 aromatic heterocycles. The van der Waals surface area contributed by atoms with Gasteiger partial charge in [0.05, 0.1) is 10.6 Å². The van der Waals surface area contributed by atoms with Crippen molar-refractivity contribution in [1.82, 2.24) is 14.8 Å². The van der Waals surface area contributed by atoms with E-state index in [1.807, 2.05) is 24.4 Å². The highest BCUT2D eigenvalue weighted by Gasteiger charge is 2.25. The van der Waals surface area contributed by atoms with Crippen LogP contribution in [0.15, 0.2) is 60.5 Å². The molecule has 0 aliphatic heterocycles. The Balaban J connectivity index is 1.61. The van der Waals surface area contributed by atoms with Gasteiger partial charge in [0.25, 0.3) is 5.92 Å². The van der Waals surface area contributed by atoms with Crippen molar-refractivity contribution in [2.45, 2.75) is 12.8 Å². The van der Waals surface area contributed by atoms with Gasteiger partial charge >= 0.3 is 0 Å². The van der Waals surface area contributed by atoms with Crippen LogP contribution >= 0.6 is 22.9 Å². The zero-order valence-corrected chi connectivity index (χ0v) is 19.4. The second-order valence-electron chi connectivity index (χ2n) is 7.36. The molecule has 0 saturated carbocycles. The maximum atomic E-state index is 14.3. The van der Waals surface area contributed by atoms with E-state index in [2.05, 4.69) is 16.7 Å². The highest BCUT2D eigenvalue weighted by molar-refractivity contribution is 7.14. The normalized spacial score (nSPS) is 11.6. The number of nitrogens with zero attached hydrogens (tertiary/aromatic N) is 3. The van der Waals surface area contributed by atoms with Crippen molar-refractivity contribution in [3.8, 4) is 39.0 Å². The molecule has 170 valence electrons. The lowest BCUT2D eigenvalue weighted by atomic mass is 10.1. The second kappa shape index (κ2) is 9.03. The van der Waals surface area contributed by atoms with E-state index in [4.69, 9.17) is 16.3 Å². The molecule has 0 saturated heterocycles. The minimum atomic E-state index is -3.08. The number of alkyl halides is 2. The van der Waals surface area contributed by atoms with Gasteiger partial charge in [0, 0.05) is 22.9 Å². The van der Waals surface area contributed by atoms with Crippen LogP contribution in [0.5, 0.6) is 5.75 Å². The number of aryl methyl sites for hydroxylation is 1. The molecular formula is C24H19ClF3N3OS. The predicted molar refractivity (Wildman–Crippen MR) is 126 cm³/mol. The van der Waals surface area contributed by atoms with Gasteiger partial charge in [-0.1, -0.05) is 24.2 Å². The van der Waals surface area contributed by atoms with E-state index >= 15 is 0 Å². The van der Waals surface area contributed by atoms with Crippen LogP contribution in [0, 0.1) is 12.7 Å². The SMILES string of the molecule is C=CC(F)(F)COc1ccc(-c2scc(-c3nc(-c4c(F)cccc4Cl)nn3C)c2C)cc1. The van der Waals surface area contributed by atoms with E-state index in [0.29, 0.717) is 17.6 Å². The number of halogens is 4. The van der Waals surface area contributed by atoms with Gasteiger partial charge in [-0.2, -0.15) is 13.9 Å². The first-order valence-corrected chi connectivity index (χ1v) is 11.1. The summed E-state index contributed by atoms with van der Waals surface area (Å²) in [6.07, 6.45) is 0.565. The van der Waals surface area contributed by atoms with Crippen LogP contribution in [0.3, 0.4) is 0 Å². The van der Waals surface area contributed by atoms with Crippen molar-refractivity contribution in [3.63, 3.8) is 0 Å². The van der Waals surface area contributed by atoms with Crippen molar-refractivity contribution in [2.24, 2.45) is 7.05 Å². The molecule has 0 amide bonds. The Morgan fingerprint density at radius 2 is 1.94 bits per heavy atom. The zero-order chi connectivity index (χ0) is 23.8. The molecule has 2 heterocycles. The van der Waals surface area contributed by atoms with Crippen LogP contribution in [0.2, 0.25) is 5.02 Å². The van der Waals surface area contributed by atoms with Crippen molar-refractivity contribution >= 4 is 22.9 Å². The van der Waals surface area contributed by atoms with Crippen LogP contribution in [-0.4, -0.2) is 27.3 Å². The van der Waals surface area contributed by atoms with Gasteiger partial charge in [-0.05, 0) is 60.5 Å². The Hall–Kier alpha value is -3.10. The van der Waals surface area contributed by atoms with Crippen molar-refractivity contribution < 1.29 is 17.9 Å². The van der Waals surface area contributed by atoms with E-state index in [9.17, 15) is 13.2 Å². The summed E-state index contributed by atoms with van der Waals surface area (Å²) in [5.41, 5.74) is 2.89. The molecule has 0 aliphatic rings. The zero-order valence-electron chi connectivity index (χ0n) is 17.8. The fraction of sp³-hybridized carbons (Fsp3) is 0.167. The average Bonchev–Trinajstić information content (AvgIpc) is 3.35. The lowest BCUT2D eigenvalue weighted by molar-refractivity contribution is 0.00545. The summed E-state index contributed by atoms with van der Waals surface area (Å²) >= 11 is 7.69. The maximum Gasteiger partial charge on any atom is 0.299 e. The summed E-state index contributed by atoms with van der Waals surface area (Å²) in [5, 5.41) is 6.56. The van der Waals surface area contributed by atoms with Crippen LogP contribution in [0.4, 0.5) is 13.2 Å². The predicted octanol–water partition coefficient (Wildman–Crippen LogP) is 7.18. The van der Waals surface area contributed by atoms with Gasteiger partial charge in [-0.15, -0.1) is 11.3 Å². The summed E-state index contributed by atoms with van der Waals surface area (Å²) in [4.78, 5) is 5.53. The topological polar surface area (TPSA) is 39.9 Å². The van der Waals surface area contributed by atoms with Crippen molar-refractivity contribution in [1.29, 1.82) is 0 Å². The fourth-order valence-corrected chi connectivity index (χ4v) is 4.62. The van der Waals surface area contributed by atoms with Crippen LogP contribution in [0.1, 0.15) is 5.56 Å². The van der Waals surface area contributed by atoms with Gasteiger partial charge in [0.15, 0.2) is 18.3 Å². The van der Waals surface area contributed by atoms with E-state index in [1.54, 1.807) is 29.9 Å². The minimum Gasteiger partial charge on any atom is -0.487 e. The van der Waals surface area contributed by atoms with Gasteiger partial charge in [-0.25, -0.2) is 14.1 Å². The van der Waals surface area contributed by atoms with E-state index < -0.39 is 18.3 Å². The first-order chi connectivity index (χ1) is 15.7. The first-order valence-electron chi connectivity index (χ1n) is 9.88.